The maximum Gasteiger partial charge on any atom is -0.0149 e. The molecule has 0 heterocycles. The molecule has 0 nitrogen and oxygen atoms in total. The fourth-order valence-electron chi connectivity index (χ4n) is 3.85. The second-order valence-electron chi connectivity index (χ2n) is 6.50. The number of fused-ring (bicyclic) bond motifs is 1. The Labute approximate surface area is 95.1 Å². The molecule has 0 aromatic carbocycles. The van der Waals surface area contributed by atoms with Gasteiger partial charge in [-0.05, 0) is 61.7 Å². The van der Waals surface area contributed by atoms with Crippen LogP contribution in [0.2, 0.25) is 0 Å². The van der Waals surface area contributed by atoms with Crippen LogP contribution in [0.3, 0.4) is 0 Å². The largest absolute Gasteiger partial charge is 0.0996 e. The SMILES string of the molecule is C=C1CCCC2(C)CCC(C(C)C)CC12. The quantitative estimate of drug-likeness (QED) is 0.540. The molecule has 0 radical (unpaired) electrons. The van der Waals surface area contributed by atoms with Crippen molar-refractivity contribution in [2.45, 2.75) is 59.3 Å². The Kier molecular flexibility index (Phi) is 2.96. The average Bonchev–Trinajstić information content (AvgIpc) is 2.17. The Balaban J connectivity index is 2.12. The summed E-state index contributed by atoms with van der Waals surface area (Å²) >= 11 is 0. The predicted octanol–water partition coefficient (Wildman–Crippen LogP) is 4.81. The van der Waals surface area contributed by atoms with E-state index >= 15 is 0 Å². The first-order valence-electron chi connectivity index (χ1n) is 6.70. The highest BCUT2D eigenvalue weighted by Gasteiger charge is 2.43. The highest BCUT2D eigenvalue weighted by molar-refractivity contribution is 5.12. The molecule has 3 unspecified atom stereocenters. The van der Waals surface area contributed by atoms with E-state index < -0.39 is 0 Å². The van der Waals surface area contributed by atoms with Gasteiger partial charge in [0.25, 0.3) is 0 Å². The summed E-state index contributed by atoms with van der Waals surface area (Å²) in [5.74, 6) is 2.66. The van der Waals surface area contributed by atoms with Crippen molar-refractivity contribution in [2.75, 3.05) is 0 Å². The molecule has 0 aliphatic heterocycles. The first-order valence-corrected chi connectivity index (χ1v) is 6.70. The van der Waals surface area contributed by atoms with Crippen LogP contribution < -0.4 is 0 Å². The topological polar surface area (TPSA) is 0 Å². The highest BCUT2D eigenvalue weighted by Crippen LogP contribution is 2.54. The van der Waals surface area contributed by atoms with Crippen LogP contribution in [-0.2, 0) is 0 Å². The normalized spacial score (nSPS) is 41.7. The molecule has 0 aromatic heterocycles. The minimum atomic E-state index is 0.612. The van der Waals surface area contributed by atoms with Crippen molar-refractivity contribution in [3.8, 4) is 0 Å². The van der Waals surface area contributed by atoms with Crippen LogP contribution in [0, 0.1) is 23.2 Å². The molecule has 2 saturated carbocycles. The van der Waals surface area contributed by atoms with E-state index in [-0.39, 0.29) is 0 Å². The first-order chi connectivity index (χ1) is 7.03. The highest BCUT2D eigenvalue weighted by atomic mass is 14.5. The zero-order valence-corrected chi connectivity index (χ0v) is 10.7. The molecule has 3 atom stereocenters. The third kappa shape index (κ3) is 2.00. The van der Waals surface area contributed by atoms with Gasteiger partial charge in [0.05, 0.1) is 0 Å². The van der Waals surface area contributed by atoms with Crippen molar-refractivity contribution in [3.05, 3.63) is 12.2 Å². The summed E-state index contributed by atoms with van der Waals surface area (Å²) < 4.78 is 0. The average molecular weight is 206 g/mol. The Morgan fingerprint density at radius 3 is 2.73 bits per heavy atom. The lowest BCUT2D eigenvalue weighted by molar-refractivity contribution is 0.0583. The van der Waals surface area contributed by atoms with Crippen molar-refractivity contribution >= 4 is 0 Å². The molecule has 0 saturated heterocycles. The van der Waals surface area contributed by atoms with E-state index in [1.165, 1.54) is 38.5 Å². The molecule has 0 amide bonds. The Morgan fingerprint density at radius 2 is 2.07 bits per heavy atom. The van der Waals surface area contributed by atoms with Gasteiger partial charge in [0, 0.05) is 0 Å². The van der Waals surface area contributed by atoms with Crippen LogP contribution in [0.25, 0.3) is 0 Å². The van der Waals surface area contributed by atoms with Gasteiger partial charge in [0.2, 0.25) is 0 Å². The molecule has 2 rings (SSSR count). The summed E-state index contributed by atoms with van der Waals surface area (Å²) in [5.41, 5.74) is 2.18. The van der Waals surface area contributed by atoms with Gasteiger partial charge in [0.1, 0.15) is 0 Å². The van der Waals surface area contributed by atoms with Crippen molar-refractivity contribution in [2.24, 2.45) is 23.2 Å². The number of hydrogen-bond acceptors (Lipinski definition) is 0. The lowest BCUT2D eigenvalue weighted by Gasteiger charge is -2.49. The monoisotopic (exact) mass is 206 g/mol. The second-order valence-corrected chi connectivity index (χ2v) is 6.50. The Morgan fingerprint density at radius 1 is 1.33 bits per heavy atom. The molecular formula is C15H26. The zero-order chi connectivity index (χ0) is 11.1. The van der Waals surface area contributed by atoms with Crippen LogP contribution in [0.5, 0.6) is 0 Å². The van der Waals surface area contributed by atoms with Crippen LogP contribution in [0.4, 0.5) is 0 Å². The molecule has 0 bridgehead atoms. The number of hydrogen-bond donors (Lipinski definition) is 0. The third-order valence-electron chi connectivity index (χ3n) is 5.15. The van der Waals surface area contributed by atoms with Gasteiger partial charge in [-0.3, -0.25) is 0 Å². The smallest absolute Gasteiger partial charge is 0.0149 e. The predicted molar refractivity (Wildman–Crippen MR) is 66.8 cm³/mol. The number of allylic oxidation sites excluding steroid dienone is 1. The van der Waals surface area contributed by atoms with Gasteiger partial charge in [-0.25, -0.2) is 0 Å². The third-order valence-corrected chi connectivity index (χ3v) is 5.15. The van der Waals surface area contributed by atoms with E-state index in [2.05, 4.69) is 27.4 Å². The van der Waals surface area contributed by atoms with Gasteiger partial charge < -0.3 is 0 Å². The standard InChI is InChI=1S/C15H26/c1-11(2)13-7-9-15(4)8-5-6-12(3)14(15)10-13/h11,13-14H,3,5-10H2,1-2,4H3. The summed E-state index contributed by atoms with van der Waals surface area (Å²) in [6, 6.07) is 0. The molecule has 2 fully saturated rings. The molecule has 2 aliphatic carbocycles. The van der Waals surface area contributed by atoms with Crippen LogP contribution in [0.15, 0.2) is 12.2 Å². The summed E-state index contributed by atoms with van der Waals surface area (Å²) in [4.78, 5) is 0. The van der Waals surface area contributed by atoms with Gasteiger partial charge >= 0.3 is 0 Å². The fraction of sp³-hybridized carbons (Fsp3) is 0.867. The van der Waals surface area contributed by atoms with Gasteiger partial charge in [0.15, 0.2) is 0 Å². The number of rotatable bonds is 1. The zero-order valence-electron chi connectivity index (χ0n) is 10.7. The molecule has 2 aliphatic rings. The van der Waals surface area contributed by atoms with Gasteiger partial charge in [-0.15, -0.1) is 0 Å². The first kappa shape index (κ1) is 11.2. The molecule has 86 valence electrons. The van der Waals surface area contributed by atoms with Crippen LogP contribution in [0.1, 0.15) is 59.3 Å². The Hall–Kier alpha value is -0.260. The maximum atomic E-state index is 4.34. The van der Waals surface area contributed by atoms with Crippen molar-refractivity contribution in [1.82, 2.24) is 0 Å². The van der Waals surface area contributed by atoms with E-state index in [0.717, 1.165) is 17.8 Å². The second kappa shape index (κ2) is 3.96. The van der Waals surface area contributed by atoms with Gasteiger partial charge in [-0.2, -0.15) is 0 Å². The van der Waals surface area contributed by atoms with E-state index in [1.807, 2.05) is 0 Å². The summed E-state index contributed by atoms with van der Waals surface area (Å²) in [5, 5.41) is 0. The summed E-state index contributed by atoms with van der Waals surface area (Å²) in [6.07, 6.45) is 8.45. The molecule has 0 heteroatoms. The van der Waals surface area contributed by atoms with E-state index in [9.17, 15) is 0 Å². The summed E-state index contributed by atoms with van der Waals surface area (Å²) in [6.45, 7) is 11.6. The molecule has 0 N–H and O–H groups in total. The van der Waals surface area contributed by atoms with E-state index in [1.54, 1.807) is 5.57 Å². The maximum absolute atomic E-state index is 4.34. The lowest BCUT2D eigenvalue weighted by atomic mass is 9.56. The van der Waals surface area contributed by atoms with Crippen LogP contribution in [-0.4, -0.2) is 0 Å². The van der Waals surface area contributed by atoms with Crippen molar-refractivity contribution < 1.29 is 0 Å². The molecule has 0 aromatic rings. The Bertz CT molecular complexity index is 251. The van der Waals surface area contributed by atoms with Crippen LogP contribution >= 0.6 is 0 Å². The van der Waals surface area contributed by atoms with Crippen molar-refractivity contribution in [3.63, 3.8) is 0 Å². The molecule has 0 spiro atoms. The van der Waals surface area contributed by atoms with Gasteiger partial charge in [-0.1, -0.05) is 32.9 Å². The lowest BCUT2D eigenvalue weighted by Crippen LogP contribution is -2.39. The summed E-state index contributed by atoms with van der Waals surface area (Å²) in [7, 11) is 0. The molecule has 15 heavy (non-hydrogen) atoms. The molecular weight excluding hydrogens is 180 g/mol. The van der Waals surface area contributed by atoms with Crippen molar-refractivity contribution in [1.29, 1.82) is 0 Å². The fourth-order valence-corrected chi connectivity index (χ4v) is 3.85. The van der Waals surface area contributed by atoms with E-state index in [0.29, 0.717) is 5.41 Å². The minimum Gasteiger partial charge on any atom is -0.0996 e. The minimum absolute atomic E-state index is 0.612. The van der Waals surface area contributed by atoms with E-state index in [4.69, 9.17) is 0 Å².